The van der Waals surface area contributed by atoms with Crippen LogP contribution in [0.15, 0.2) is 29.2 Å². The molecule has 0 aliphatic rings. The molecule has 0 radical (unpaired) electrons. The number of nitrogens with zero attached hydrogens (tertiary/aromatic N) is 4. The Labute approximate surface area is 157 Å². The summed E-state index contributed by atoms with van der Waals surface area (Å²) in [6, 6.07) is 5.16. The Morgan fingerprint density at radius 1 is 1.19 bits per heavy atom. The van der Waals surface area contributed by atoms with Gasteiger partial charge in [0, 0.05) is 0 Å². The van der Waals surface area contributed by atoms with E-state index in [9.17, 15) is 18.0 Å². The van der Waals surface area contributed by atoms with Crippen molar-refractivity contribution in [1.29, 1.82) is 0 Å². The maximum atomic E-state index is 12.1. The first-order valence-electron chi connectivity index (χ1n) is 7.79. The molecule has 0 aliphatic carbocycles. The number of Topliss-reactive ketones (excluding diaryl/α,β-unsaturated/α-hetero) is 1. The highest BCUT2D eigenvalue weighted by molar-refractivity contribution is 7.89. The van der Waals surface area contributed by atoms with E-state index in [1.54, 1.807) is 19.1 Å². The molecule has 10 nitrogen and oxygen atoms in total. The van der Waals surface area contributed by atoms with Crippen LogP contribution in [0.3, 0.4) is 0 Å². The molecule has 0 aliphatic heterocycles. The van der Waals surface area contributed by atoms with Crippen molar-refractivity contribution in [3.63, 3.8) is 0 Å². The van der Waals surface area contributed by atoms with Gasteiger partial charge in [0.05, 0.1) is 4.90 Å². The van der Waals surface area contributed by atoms with Gasteiger partial charge in [-0.3, -0.25) is 9.59 Å². The zero-order valence-corrected chi connectivity index (χ0v) is 15.9. The second-order valence-corrected chi connectivity index (χ2v) is 7.24. The van der Waals surface area contributed by atoms with Crippen LogP contribution in [-0.4, -0.2) is 53.3 Å². The van der Waals surface area contributed by atoms with Crippen LogP contribution in [-0.2, 0) is 19.6 Å². The summed E-state index contributed by atoms with van der Waals surface area (Å²) in [5.74, 6) is -2.11. The minimum absolute atomic E-state index is 0.0765. The van der Waals surface area contributed by atoms with Gasteiger partial charge in [0.15, 0.2) is 0 Å². The van der Waals surface area contributed by atoms with Crippen LogP contribution < -0.4 is 4.72 Å². The fourth-order valence-electron chi connectivity index (χ4n) is 1.75. The number of aliphatic carboxylic acids is 1. The standard InChI is InChI=1S/C13H19NO4S.C3H2N4O/c1-4-10(3)12(13(15)16)14-19(17,18)11-7-5-9(2)6-8-11;4-6-1-3(8)2-7-5/h5-8,10,12,14H,4H2,1-3H3,(H,15,16);1-2H/t10?,12-;/m0./s1. The highest BCUT2D eigenvalue weighted by Gasteiger charge is 2.29. The summed E-state index contributed by atoms with van der Waals surface area (Å²) in [7, 11) is -3.81. The smallest absolute Gasteiger partial charge is 0.339 e. The molecule has 11 heteroatoms. The third-order valence-electron chi connectivity index (χ3n) is 3.46. The third-order valence-corrected chi connectivity index (χ3v) is 4.92. The summed E-state index contributed by atoms with van der Waals surface area (Å²) >= 11 is 0. The summed E-state index contributed by atoms with van der Waals surface area (Å²) in [6.45, 7) is 5.38. The Morgan fingerprint density at radius 3 is 2.04 bits per heavy atom. The largest absolute Gasteiger partial charge is 0.480 e. The lowest BCUT2D eigenvalue weighted by Gasteiger charge is -2.20. The van der Waals surface area contributed by atoms with Crippen LogP contribution in [0, 0.1) is 12.8 Å². The van der Waals surface area contributed by atoms with Crippen molar-refractivity contribution in [2.24, 2.45) is 5.92 Å². The maximum absolute atomic E-state index is 12.1. The van der Waals surface area contributed by atoms with E-state index in [2.05, 4.69) is 14.3 Å². The van der Waals surface area contributed by atoms with Gasteiger partial charge < -0.3 is 16.2 Å². The molecular formula is C16H21N5O5S. The lowest BCUT2D eigenvalue weighted by Crippen LogP contribution is -2.44. The number of nitrogens with one attached hydrogen (secondary N) is 1. The number of ketones is 1. The van der Waals surface area contributed by atoms with Crippen molar-refractivity contribution < 1.29 is 32.7 Å². The molecule has 0 aromatic heterocycles. The van der Waals surface area contributed by atoms with Gasteiger partial charge in [-0.25, -0.2) is 8.42 Å². The molecule has 27 heavy (non-hydrogen) atoms. The van der Waals surface area contributed by atoms with Crippen molar-refractivity contribution in [2.45, 2.75) is 38.1 Å². The Hall–Kier alpha value is -2.97. The summed E-state index contributed by atoms with van der Waals surface area (Å²) in [5.41, 5.74) is 16.3. The van der Waals surface area contributed by atoms with E-state index < -0.39 is 27.8 Å². The summed E-state index contributed by atoms with van der Waals surface area (Å²) in [5, 5.41) is 9.10. The fraction of sp³-hybridized carbons (Fsp3) is 0.375. The average Bonchev–Trinajstić information content (AvgIpc) is 2.60. The van der Waals surface area contributed by atoms with Gasteiger partial charge in [0.2, 0.25) is 10.0 Å². The first-order valence-corrected chi connectivity index (χ1v) is 9.28. The van der Waals surface area contributed by atoms with Crippen molar-refractivity contribution >= 4 is 34.2 Å². The quantitative estimate of drug-likeness (QED) is 0.377. The van der Waals surface area contributed by atoms with Crippen molar-refractivity contribution in [3.05, 3.63) is 40.9 Å². The molecule has 2 N–H and O–H groups in total. The van der Waals surface area contributed by atoms with E-state index in [-0.39, 0.29) is 10.8 Å². The van der Waals surface area contributed by atoms with Crippen LogP contribution in [0.5, 0.6) is 0 Å². The molecule has 0 saturated carbocycles. The first kappa shape index (κ1) is 24.0. The number of sulfonamides is 1. The number of aryl methyl sites for hydroxylation is 1. The number of hydrogen-bond acceptors (Lipinski definition) is 4. The van der Waals surface area contributed by atoms with E-state index in [0.29, 0.717) is 18.9 Å². The van der Waals surface area contributed by atoms with Crippen LogP contribution in [0.1, 0.15) is 25.8 Å². The second-order valence-electron chi connectivity index (χ2n) is 5.53. The molecule has 1 rings (SSSR count). The molecular weight excluding hydrogens is 374 g/mol. The monoisotopic (exact) mass is 395 g/mol. The SMILES string of the molecule is CCC(C)[C@H](NS(=O)(=O)c1ccc(C)cc1)C(=O)O.[N-]=[N+]=CC(=O)C=[N+]=[N-]. The molecule has 0 amide bonds. The van der Waals surface area contributed by atoms with Crippen molar-refractivity contribution in [1.82, 2.24) is 4.72 Å². The topological polar surface area (TPSA) is 173 Å². The Bertz CT molecular complexity index is 834. The van der Waals surface area contributed by atoms with E-state index in [4.69, 9.17) is 16.2 Å². The van der Waals surface area contributed by atoms with E-state index in [0.717, 1.165) is 5.56 Å². The molecule has 2 atom stereocenters. The highest BCUT2D eigenvalue weighted by atomic mass is 32.2. The molecule has 0 bridgehead atoms. The lowest BCUT2D eigenvalue weighted by molar-refractivity contribution is -0.140. The minimum Gasteiger partial charge on any atom is -0.480 e. The fourth-order valence-corrected chi connectivity index (χ4v) is 3.04. The molecule has 1 unspecified atom stereocenters. The summed E-state index contributed by atoms with van der Waals surface area (Å²) in [6.07, 6.45) is 1.80. The van der Waals surface area contributed by atoms with Gasteiger partial charge in [-0.2, -0.15) is 14.3 Å². The van der Waals surface area contributed by atoms with Gasteiger partial charge in [-0.05, 0) is 25.0 Å². The molecule has 0 saturated heterocycles. The Morgan fingerprint density at radius 2 is 1.67 bits per heavy atom. The maximum Gasteiger partial charge on any atom is 0.339 e. The Balaban J connectivity index is 0.000000713. The van der Waals surface area contributed by atoms with Crippen LogP contribution >= 0.6 is 0 Å². The van der Waals surface area contributed by atoms with Gasteiger partial charge in [-0.15, -0.1) is 0 Å². The number of carboxylic acid groups (broad SMARTS) is 1. The van der Waals surface area contributed by atoms with E-state index in [1.807, 2.05) is 13.8 Å². The number of carbonyl (C=O) groups is 2. The van der Waals surface area contributed by atoms with Crippen molar-refractivity contribution in [3.8, 4) is 0 Å². The van der Waals surface area contributed by atoms with Crippen LogP contribution in [0.2, 0.25) is 0 Å². The molecule has 0 heterocycles. The highest BCUT2D eigenvalue weighted by Crippen LogP contribution is 2.14. The zero-order chi connectivity index (χ0) is 21.0. The first-order chi connectivity index (χ1) is 12.6. The predicted octanol–water partition coefficient (Wildman–Crippen LogP) is 0.929. The summed E-state index contributed by atoms with van der Waals surface area (Å²) < 4.78 is 26.5. The third kappa shape index (κ3) is 8.80. The molecule has 1 aromatic carbocycles. The molecule has 146 valence electrons. The number of carbonyl (C=O) groups excluding carboxylic acids is 1. The van der Waals surface area contributed by atoms with Gasteiger partial charge in [0.25, 0.3) is 0 Å². The number of hydrogen-bond donors (Lipinski definition) is 2. The zero-order valence-electron chi connectivity index (χ0n) is 15.1. The van der Waals surface area contributed by atoms with Crippen molar-refractivity contribution in [2.75, 3.05) is 0 Å². The van der Waals surface area contributed by atoms with E-state index >= 15 is 0 Å². The predicted molar refractivity (Wildman–Crippen MR) is 96.8 cm³/mol. The van der Waals surface area contributed by atoms with Gasteiger partial charge >= 0.3 is 24.2 Å². The second kappa shape index (κ2) is 11.6. The minimum atomic E-state index is -3.81. The van der Waals surface area contributed by atoms with Gasteiger partial charge in [-0.1, -0.05) is 38.0 Å². The molecule has 1 aromatic rings. The van der Waals surface area contributed by atoms with E-state index in [1.165, 1.54) is 12.1 Å². The molecule has 0 spiro atoms. The van der Waals surface area contributed by atoms with Gasteiger partial charge in [0.1, 0.15) is 6.04 Å². The normalized spacial score (nSPS) is 12.3. The average molecular weight is 395 g/mol. The van der Waals surface area contributed by atoms with Crippen LogP contribution in [0.4, 0.5) is 0 Å². The van der Waals surface area contributed by atoms with Crippen LogP contribution in [0.25, 0.3) is 11.1 Å². The lowest BCUT2D eigenvalue weighted by atomic mass is 10.0. The Kier molecular flexibility index (Phi) is 10.3. The number of rotatable bonds is 8. The number of carboxylic acids is 1. The number of benzene rings is 1. The molecule has 0 fully saturated rings. The summed E-state index contributed by atoms with van der Waals surface area (Å²) in [4.78, 5) is 26.0.